The molecule has 3 heterocycles. The summed E-state index contributed by atoms with van der Waals surface area (Å²) in [4.78, 5) is 7.95. The molecule has 5 rings (SSSR count). The average molecular weight is 454 g/mol. The Morgan fingerprint density at radius 3 is 2.42 bits per heavy atom. The van der Waals surface area contributed by atoms with Gasteiger partial charge in [0.15, 0.2) is 0 Å². The smallest absolute Gasteiger partial charge is 0.142 e. The number of nitrogens with one attached hydrogen (secondary N) is 1. The predicted octanol–water partition coefficient (Wildman–Crippen LogP) is 5.42. The molecule has 4 aliphatic rings. The van der Waals surface area contributed by atoms with Crippen molar-refractivity contribution in [3.63, 3.8) is 0 Å². The second-order valence-corrected chi connectivity index (χ2v) is 10.5. The summed E-state index contributed by atoms with van der Waals surface area (Å²) in [6.45, 7) is 9.12. The number of ether oxygens (including phenoxy) is 1. The van der Waals surface area contributed by atoms with Crippen LogP contribution in [0.25, 0.3) is 0 Å². The molecule has 1 aromatic rings. The van der Waals surface area contributed by atoms with Crippen LogP contribution in [-0.2, 0) is 6.54 Å². The van der Waals surface area contributed by atoms with Crippen molar-refractivity contribution >= 4 is 17.2 Å². The number of aliphatic imine (C=N–C) groups is 1. The number of amidine groups is 1. The SMILES string of the molecule is CCCN1CCC(Nc2cc3c(cc2OC)CN(N2CCCC2)C(C2CCCCC2)=N3)CC1. The monoisotopic (exact) mass is 453 g/mol. The molecule has 0 radical (unpaired) electrons. The van der Waals surface area contributed by atoms with Crippen LogP contribution in [0.2, 0.25) is 0 Å². The number of likely N-dealkylation sites (tertiary alicyclic amines) is 1. The van der Waals surface area contributed by atoms with Gasteiger partial charge in [-0.2, -0.15) is 0 Å². The molecule has 182 valence electrons. The van der Waals surface area contributed by atoms with Gasteiger partial charge in [-0.15, -0.1) is 0 Å². The van der Waals surface area contributed by atoms with Gasteiger partial charge in [-0.3, -0.25) is 5.01 Å². The fourth-order valence-electron chi connectivity index (χ4n) is 6.23. The normalized spacial score (nSPS) is 23.5. The van der Waals surface area contributed by atoms with E-state index in [1.54, 1.807) is 7.11 Å². The van der Waals surface area contributed by atoms with E-state index < -0.39 is 0 Å². The molecule has 0 unspecified atom stereocenters. The predicted molar refractivity (Wildman–Crippen MR) is 136 cm³/mol. The maximum atomic E-state index is 5.86. The van der Waals surface area contributed by atoms with Gasteiger partial charge in [0.05, 0.1) is 25.0 Å². The van der Waals surface area contributed by atoms with E-state index in [-0.39, 0.29) is 0 Å². The second-order valence-electron chi connectivity index (χ2n) is 10.5. The number of methoxy groups -OCH3 is 1. The molecule has 0 spiro atoms. The van der Waals surface area contributed by atoms with Crippen LogP contribution in [0.4, 0.5) is 11.4 Å². The van der Waals surface area contributed by atoms with E-state index in [9.17, 15) is 0 Å². The number of hydrogen-bond acceptors (Lipinski definition) is 6. The van der Waals surface area contributed by atoms with Gasteiger partial charge in [-0.05, 0) is 63.6 Å². The first-order valence-corrected chi connectivity index (χ1v) is 13.6. The lowest BCUT2D eigenvalue weighted by atomic mass is 9.87. The lowest BCUT2D eigenvalue weighted by molar-refractivity contribution is 0.0560. The summed E-state index contributed by atoms with van der Waals surface area (Å²) < 4.78 is 5.86. The number of hydrazine groups is 1. The fraction of sp³-hybridized carbons (Fsp3) is 0.741. The van der Waals surface area contributed by atoms with Gasteiger partial charge in [0.2, 0.25) is 0 Å². The Bertz CT molecular complexity index is 820. The van der Waals surface area contributed by atoms with E-state index in [0.717, 1.165) is 36.8 Å². The minimum atomic E-state index is 0.511. The van der Waals surface area contributed by atoms with Crippen LogP contribution in [0.1, 0.15) is 76.7 Å². The fourth-order valence-corrected chi connectivity index (χ4v) is 6.23. The van der Waals surface area contributed by atoms with Crippen LogP contribution in [0.15, 0.2) is 17.1 Å². The van der Waals surface area contributed by atoms with E-state index in [1.165, 1.54) is 95.2 Å². The minimum absolute atomic E-state index is 0.511. The third kappa shape index (κ3) is 5.17. The van der Waals surface area contributed by atoms with E-state index in [1.807, 2.05) is 0 Å². The van der Waals surface area contributed by atoms with Crippen molar-refractivity contribution in [3.05, 3.63) is 17.7 Å². The Hall–Kier alpha value is -1.79. The van der Waals surface area contributed by atoms with Crippen molar-refractivity contribution in [2.45, 2.75) is 83.7 Å². The third-order valence-electron chi connectivity index (χ3n) is 8.10. The summed E-state index contributed by atoms with van der Waals surface area (Å²) >= 11 is 0. The Morgan fingerprint density at radius 1 is 0.970 bits per heavy atom. The molecule has 0 bridgehead atoms. The summed E-state index contributed by atoms with van der Waals surface area (Å²) in [6, 6.07) is 5.03. The van der Waals surface area contributed by atoms with Crippen molar-refractivity contribution in [1.82, 2.24) is 14.9 Å². The van der Waals surface area contributed by atoms with Crippen LogP contribution in [0, 0.1) is 5.92 Å². The van der Waals surface area contributed by atoms with Crippen molar-refractivity contribution < 1.29 is 4.74 Å². The molecule has 0 amide bonds. The molecular formula is C27H43N5O. The van der Waals surface area contributed by atoms with Crippen LogP contribution in [0.5, 0.6) is 5.75 Å². The molecule has 6 heteroatoms. The number of nitrogens with zero attached hydrogens (tertiary/aromatic N) is 4. The minimum Gasteiger partial charge on any atom is -0.495 e. The first-order chi connectivity index (χ1) is 16.2. The van der Waals surface area contributed by atoms with Crippen molar-refractivity contribution in [3.8, 4) is 5.75 Å². The highest BCUT2D eigenvalue weighted by Gasteiger charge is 2.33. The molecule has 1 saturated carbocycles. The van der Waals surface area contributed by atoms with Gasteiger partial charge in [0, 0.05) is 43.7 Å². The van der Waals surface area contributed by atoms with E-state index >= 15 is 0 Å². The first kappa shape index (κ1) is 23.0. The zero-order valence-corrected chi connectivity index (χ0v) is 20.8. The highest BCUT2D eigenvalue weighted by atomic mass is 16.5. The van der Waals surface area contributed by atoms with Crippen LogP contribution < -0.4 is 10.1 Å². The average Bonchev–Trinajstić information content (AvgIpc) is 3.40. The first-order valence-electron chi connectivity index (χ1n) is 13.6. The summed E-state index contributed by atoms with van der Waals surface area (Å²) in [6.07, 6.45) is 12.9. The summed E-state index contributed by atoms with van der Waals surface area (Å²) in [7, 11) is 1.80. The molecule has 1 aliphatic carbocycles. The van der Waals surface area contributed by atoms with Gasteiger partial charge < -0.3 is 15.0 Å². The van der Waals surface area contributed by atoms with Crippen LogP contribution >= 0.6 is 0 Å². The number of piperidine rings is 1. The topological polar surface area (TPSA) is 43.3 Å². The van der Waals surface area contributed by atoms with E-state index in [0.29, 0.717) is 12.0 Å². The molecule has 2 saturated heterocycles. The number of rotatable bonds is 7. The zero-order chi connectivity index (χ0) is 22.6. The summed E-state index contributed by atoms with van der Waals surface area (Å²) in [5, 5.41) is 8.91. The lowest BCUT2D eigenvalue weighted by Gasteiger charge is -2.41. The molecule has 33 heavy (non-hydrogen) atoms. The van der Waals surface area contributed by atoms with Gasteiger partial charge in [0.25, 0.3) is 0 Å². The number of anilines is 1. The van der Waals surface area contributed by atoms with Crippen molar-refractivity contribution in [2.24, 2.45) is 10.9 Å². The van der Waals surface area contributed by atoms with Crippen molar-refractivity contribution in [2.75, 3.05) is 45.2 Å². The lowest BCUT2D eigenvalue weighted by Crippen LogP contribution is -2.48. The van der Waals surface area contributed by atoms with Gasteiger partial charge in [0.1, 0.15) is 11.6 Å². The number of benzene rings is 1. The standard InChI is InChI=1S/C27H43N5O/c1-3-13-30-16-11-23(12-17-30)28-25-19-24-22(18-26(25)33-2)20-32(31-14-7-8-15-31)27(29-24)21-9-5-4-6-10-21/h18-19,21,23,28H,3-17,20H2,1-2H3. The van der Waals surface area contributed by atoms with E-state index in [2.05, 4.69) is 39.3 Å². The summed E-state index contributed by atoms with van der Waals surface area (Å²) in [5.74, 6) is 2.89. The third-order valence-corrected chi connectivity index (χ3v) is 8.10. The molecule has 3 aliphatic heterocycles. The van der Waals surface area contributed by atoms with Gasteiger partial charge >= 0.3 is 0 Å². The molecular weight excluding hydrogens is 410 g/mol. The number of hydrogen-bond donors (Lipinski definition) is 1. The maximum Gasteiger partial charge on any atom is 0.142 e. The molecule has 1 aromatic carbocycles. The van der Waals surface area contributed by atoms with E-state index in [4.69, 9.17) is 9.73 Å². The Balaban J connectivity index is 1.39. The Kier molecular flexibility index (Phi) is 7.41. The molecule has 1 N–H and O–H groups in total. The highest BCUT2D eigenvalue weighted by molar-refractivity contribution is 5.89. The highest BCUT2D eigenvalue weighted by Crippen LogP contribution is 2.40. The second kappa shape index (κ2) is 10.6. The molecule has 0 atom stereocenters. The molecule has 0 aromatic heterocycles. The van der Waals surface area contributed by atoms with Gasteiger partial charge in [-0.1, -0.05) is 26.2 Å². The summed E-state index contributed by atoms with van der Waals surface area (Å²) in [5.41, 5.74) is 3.56. The Labute approximate surface area is 200 Å². The molecule has 6 nitrogen and oxygen atoms in total. The zero-order valence-electron chi connectivity index (χ0n) is 20.8. The van der Waals surface area contributed by atoms with Crippen LogP contribution in [0.3, 0.4) is 0 Å². The quantitative estimate of drug-likeness (QED) is 0.597. The van der Waals surface area contributed by atoms with Crippen molar-refractivity contribution in [1.29, 1.82) is 0 Å². The number of fused-ring (bicyclic) bond motifs is 1. The Morgan fingerprint density at radius 2 is 1.73 bits per heavy atom. The van der Waals surface area contributed by atoms with Crippen LogP contribution in [-0.4, -0.2) is 66.6 Å². The largest absolute Gasteiger partial charge is 0.495 e. The maximum absolute atomic E-state index is 5.86. The molecule has 3 fully saturated rings. The van der Waals surface area contributed by atoms with Gasteiger partial charge in [-0.25, -0.2) is 10.0 Å².